The third kappa shape index (κ3) is 4.54. The maximum absolute atomic E-state index is 12.0. The van der Waals surface area contributed by atoms with Gasteiger partial charge in [0.1, 0.15) is 12.3 Å². The fraction of sp³-hybridized carbons (Fsp3) is 0.158. The van der Waals surface area contributed by atoms with Crippen molar-refractivity contribution in [1.82, 2.24) is 15.0 Å². The zero-order chi connectivity index (χ0) is 18.5. The van der Waals surface area contributed by atoms with Gasteiger partial charge in [0.15, 0.2) is 17.4 Å². The Kier molecular flexibility index (Phi) is 5.07. The van der Waals surface area contributed by atoms with Crippen LogP contribution in [-0.2, 0) is 11.3 Å². The number of aryl methyl sites for hydroxylation is 1. The third-order valence-electron chi connectivity index (χ3n) is 3.60. The first-order valence-electron chi connectivity index (χ1n) is 8.05. The molecule has 2 aromatic heterocycles. The number of aromatic nitrogens is 3. The minimum absolute atomic E-state index is 0.141. The normalized spacial score (nSPS) is 11.0. The van der Waals surface area contributed by atoms with E-state index in [-0.39, 0.29) is 18.2 Å². The van der Waals surface area contributed by atoms with Gasteiger partial charge in [0.2, 0.25) is 5.91 Å². The number of anilines is 1. The molecule has 26 heavy (non-hydrogen) atoms. The summed E-state index contributed by atoms with van der Waals surface area (Å²) in [6.07, 6.45) is 4.62. The molecule has 0 saturated carbocycles. The quantitative estimate of drug-likeness (QED) is 0.545. The number of nitrogens with one attached hydrogen (secondary N) is 1. The lowest BCUT2D eigenvalue weighted by atomic mass is 10.1. The number of amides is 1. The second kappa shape index (κ2) is 7.60. The van der Waals surface area contributed by atoms with Gasteiger partial charge in [-0.05, 0) is 30.7 Å². The van der Waals surface area contributed by atoms with Crippen LogP contribution >= 0.6 is 0 Å². The van der Waals surface area contributed by atoms with Crippen LogP contribution in [0, 0.1) is 6.92 Å². The fourth-order valence-corrected chi connectivity index (χ4v) is 2.24. The molecule has 0 radical (unpaired) electrons. The zero-order valence-corrected chi connectivity index (χ0v) is 14.5. The molecule has 3 rings (SSSR count). The fourth-order valence-electron chi connectivity index (χ4n) is 2.24. The van der Waals surface area contributed by atoms with E-state index in [4.69, 9.17) is 4.42 Å². The molecule has 0 aliphatic heterocycles. The second-order valence-corrected chi connectivity index (χ2v) is 5.82. The van der Waals surface area contributed by atoms with Crippen LogP contribution in [0.4, 0.5) is 5.82 Å². The second-order valence-electron chi connectivity index (χ2n) is 5.82. The highest BCUT2D eigenvalue weighted by atomic mass is 16.3. The minimum atomic E-state index is -0.297. The minimum Gasteiger partial charge on any atom is -0.456 e. The van der Waals surface area contributed by atoms with Gasteiger partial charge in [-0.15, -0.1) is 5.10 Å². The number of carbonyl (C=O) groups is 2. The molecule has 1 amide bonds. The molecule has 0 atom stereocenters. The van der Waals surface area contributed by atoms with E-state index in [1.54, 1.807) is 18.2 Å². The van der Waals surface area contributed by atoms with E-state index in [2.05, 4.69) is 15.5 Å². The molecular weight excluding hydrogens is 332 g/mol. The average Bonchev–Trinajstić information content (AvgIpc) is 3.24. The lowest BCUT2D eigenvalue weighted by Crippen LogP contribution is -2.09. The topological polar surface area (TPSA) is 90.0 Å². The molecule has 1 aromatic carbocycles. The van der Waals surface area contributed by atoms with Crippen LogP contribution in [0.1, 0.15) is 34.4 Å². The van der Waals surface area contributed by atoms with Crippen molar-refractivity contribution in [3.8, 4) is 0 Å². The summed E-state index contributed by atoms with van der Waals surface area (Å²) in [5, 5.41) is 10.9. The Morgan fingerprint density at radius 1 is 1.19 bits per heavy atom. The molecule has 7 nitrogen and oxygen atoms in total. The van der Waals surface area contributed by atoms with Crippen LogP contribution in [0.2, 0.25) is 0 Å². The molecule has 0 fully saturated rings. The Bertz CT molecular complexity index is 951. The number of hydrogen-bond acceptors (Lipinski definition) is 5. The number of furan rings is 1. The maximum atomic E-state index is 12.0. The first kappa shape index (κ1) is 17.3. The lowest BCUT2D eigenvalue weighted by molar-refractivity contribution is -0.111. The number of hydrogen-bond donors (Lipinski definition) is 1. The Labute approximate surface area is 150 Å². The molecule has 0 spiro atoms. The molecule has 0 unspecified atom stereocenters. The van der Waals surface area contributed by atoms with E-state index in [0.717, 1.165) is 11.1 Å². The monoisotopic (exact) mass is 350 g/mol. The van der Waals surface area contributed by atoms with E-state index in [1.165, 1.54) is 24.0 Å². The maximum Gasteiger partial charge on any atom is 0.249 e. The van der Waals surface area contributed by atoms with Gasteiger partial charge in [-0.1, -0.05) is 29.8 Å². The Hall–Kier alpha value is -3.48. The smallest absolute Gasteiger partial charge is 0.249 e. The lowest BCUT2D eigenvalue weighted by Gasteiger charge is -1.98. The Balaban J connectivity index is 1.57. The first-order valence-corrected chi connectivity index (χ1v) is 8.05. The van der Waals surface area contributed by atoms with Gasteiger partial charge in [0.25, 0.3) is 0 Å². The highest BCUT2D eigenvalue weighted by Gasteiger charge is 2.09. The number of carbonyl (C=O) groups excluding carboxylic acids is 2. The summed E-state index contributed by atoms with van der Waals surface area (Å²) >= 11 is 0. The zero-order valence-electron chi connectivity index (χ0n) is 14.5. The van der Waals surface area contributed by atoms with Crippen molar-refractivity contribution < 1.29 is 14.0 Å². The van der Waals surface area contributed by atoms with Crippen LogP contribution in [0.25, 0.3) is 6.08 Å². The number of benzene rings is 1. The van der Waals surface area contributed by atoms with Crippen LogP contribution in [-0.4, -0.2) is 26.7 Å². The predicted molar refractivity (Wildman–Crippen MR) is 96.7 cm³/mol. The molecule has 3 aromatic rings. The molecular formula is C19H18N4O3. The Morgan fingerprint density at radius 2 is 1.96 bits per heavy atom. The molecule has 0 aliphatic carbocycles. The molecule has 2 heterocycles. The van der Waals surface area contributed by atoms with Gasteiger partial charge >= 0.3 is 0 Å². The summed E-state index contributed by atoms with van der Waals surface area (Å²) in [5.74, 6) is 0.749. The average molecular weight is 350 g/mol. The SMILES string of the molecule is CC(=O)c1ccc(Cn2ncc(NC(=O)C=Cc3ccc(C)cc3)n2)o1. The van der Waals surface area contributed by atoms with Crippen LogP contribution in [0.15, 0.2) is 53.1 Å². The van der Waals surface area contributed by atoms with E-state index in [1.807, 2.05) is 31.2 Å². The van der Waals surface area contributed by atoms with E-state index in [9.17, 15) is 9.59 Å². The van der Waals surface area contributed by atoms with Gasteiger partial charge in [0.05, 0.1) is 6.20 Å². The molecule has 0 saturated heterocycles. The molecule has 0 bridgehead atoms. The summed E-state index contributed by atoms with van der Waals surface area (Å²) in [6, 6.07) is 11.1. The van der Waals surface area contributed by atoms with E-state index < -0.39 is 0 Å². The van der Waals surface area contributed by atoms with Crippen molar-refractivity contribution in [2.24, 2.45) is 0 Å². The highest BCUT2D eigenvalue weighted by Crippen LogP contribution is 2.10. The summed E-state index contributed by atoms with van der Waals surface area (Å²) in [7, 11) is 0. The van der Waals surface area contributed by atoms with Crippen molar-refractivity contribution in [3.05, 3.63) is 71.3 Å². The van der Waals surface area contributed by atoms with Crippen molar-refractivity contribution in [2.45, 2.75) is 20.4 Å². The highest BCUT2D eigenvalue weighted by molar-refractivity contribution is 6.01. The summed E-state index contributed by atoms with van der Waals surface area (Å²) in [6.45, 7) is 3.71. The standard InChI is InChI=1S/C19H18N4O3/c1-13-3-5-15(6-4-13)7-10-19(25)21-18-11-20-23(22-18)12-16-8-9-17(26-16)14(2)24/h3-11H,12H2,1-2H3,(H,21,22,25). The van der Waals surface area contributed by atoms with Gasteiger partial charge in [-0.25, -0.2) is 0 Å². The van der Waals surface area contributed by atoms with Gasteiger partial charge in [0, 0.05) is 13.0 Å². The Morgan fingerprint density at radius 3 is 2.65 bits per heavy atom. The summed E-state index contributed by atoms with van der Waals surface area (Å²) < 4.78 is 5.39. The number of Topliss-reactive ketones (excluding diaryl/α,β-unsaturated/α-hetero) is 1. The van der Waals surface area contributed by atoms with Gasteiger partial charge < -0.3 is 9.73 Å². The van der Waals surface area contributed by atoms with E-state index in [0.29, 0.717) is 17.3 Å². The number of ketones is 1. The molecule has 0 aliphatic rings. The van der Waals surface area contributed by atoms with Crippen molar-refractivity contribution in [3.63, 3.8) is 0 Å². The number of rotatable bonds is 6. The summed E-state index contributed by atoms with van der Waals surface area (Å²) in [5.41, 5.74) is 2.10. The van der Waals surface area contributed by atoms with Crippen LogP contribution in [0.3, 0.4) is 0 Å². The number of nitrogens with zero attached hydrogens (tertiary/aromatic N) is 3. The van der Waals surface area contributed by atoms with Crippen LogP contribution < -0.4 is 5.32 Å². The van der Waals surface area contributed by atoms with Crippen LogP contribution in [0.5, 0.6) is 0 Å². The van der Waals surface area contributed by atoms with Gasteiger partial charge in [-0.2, -0.15) is 9.90 Å². The molecule has 1 N–H and O–H groups in total. The van der Waals surface area contributed by atoms with E-state index >= 15 is 0 Å². The van der Waals surface area contributed by atoms with Crippen molar-refractivity contribution >= 4 is 23.6 Å². The molecule has 7 heteroatoms. The predicted octanol–water partition coefficient (Wildman–Crippen LogP) is 3.08. The van der Waals surface area contributed by atoms with Gasteiger partial charge in [-0.3, -0.25) is 9.59 Å². The van der Waals surface area contributed by atoms with Crippen molar-refractivity contribution in [2.75, 3.05) is 5.32 Å². The largest absolute Gasteiger partial charge is 0.456 e. The summed E-state index contributed by atoms with van der Waals surface area (Å²) in [4.78, 5) is 24.6. The molecule has 132 valence electrons. The van der Waals surface area contributed by atoms with Crippen molar-refractivity contribution in [1.29, 1.82) is 0 Å². The third-order valence-corrected chi connectivity index (χ3v) is 3.60. The first-order chi connectivity index (χ1) is 12.5.